The molecule has 3 nitrogen and oxygen atoms in total. The molecule has 2 unspecified atom stereocenters. The summed E-state index contributed by atoms with van der Waals surface area (Å²) in [5.74, 6) is 0. The van der Waals surface area contributed by atoms with E-state index in [0.29, 0.717) is 19.1 Å². The number of likely N-dealkylation sites (N-methyl/N-ethyl adjacent to an activating group) is 1. The van der Waals surface area contributed by atoms with Gasteiger partial charge in [0.25, 0.3) is 0 Å². The van der Waals surface area contributed by atoms with Gasteiger partial charge >= 0.3 is 0 Å². The predicted octanol–water partition coefficient (Wildman–Crippen LogP) is 1.97. The Labute approximate surface area is 116 Å². The normalized spacial score (nSPS) is 20.9. The lowest BCUT2D eigenvalue weighted by Crippen LogP contribution is -2.36. The summed E-state index contributed by atoms with van der Waals surface area (Å²) >= 11 is 0. The van der Waals surface area contributed by atoms with Crippen molar-refractivity contribution in [2.24, 2.45) is 0 Å². The number of hydrogen-bond acceptors (Lipinski definition) is 3. The lowest BCUT2D eigenvalue weighted by atomic mass is 9.99. The highest BCUT2D eigenvalue weighted by molar-refractivity contribution is 5.31. The molecule has 0 aliphatic heterocycles. The summed E-state index contributed by atoms with van der Waals surface area (Å²) in [5, 5.41) is 13.5. The first-order valence-electron chi connectivity index (χ1n) is 7.31. The summed E-state index contributed by atoms with van der Waals surface area (Å²) in [6, 6.07) is 9.12. The second-order valence-electron chi connectivity index (χ2n) is 5.82. The van der Waals surface area contributed by atoms with Crippen molar-refractivity contribution in [1.29, 1.82) is 0 Å². The molecule has 0 radical (unpaired) electrons. The number of aliphatic hydroxyl groups is 1. The Morgan fingerprint density at radius 1 is 1.32 bits per heavy atom. The Hall–Kier alpha value is -0.900. The number of rotatable bonds is 5. The number of fused-ring (bicyclic) bond motifs is 1. The van der Waals surface area contributed by atoms with Gasteiger partial charge in [0.05, 0.1) is 6.10 Å². The van der Waals surface area contributed by atoms with Crippen molar-refractivity contribution in [2.45, 2.75) is 37.8 Å². The monoisotopic (exact) mass is 262 g/mol. The minimum absolute atomic E-state index is 0.301. The number of nitrogens with zero attached hydrogens (tertiary/aromatic N) is 1. The molecule has 1 aliphatic carbocycles. The molecule has 2 rings (SSSR count). The second-order valence-corrected chi connectivity index (χ2v) is 5.82. The maximum absolute atomic E-state index is 9.96. The van der Waals surface area contributed by atoms with Crippen LogP contribution >= 0.6 is 0 Å². The van der Waals surface area contributed by atoms with E-state index in [-0.39, 0.29) is 6.10 Å². The Balaban J connectivity index is 1.96. The Morgan fingerprint density at radius 3 is 2.89 bits per heavy atom. The van der Waals surface area contributed by atoms with Crippen molar-refractivity contribution >= 4 is 0 Å². The zero-order valence-corrected chi connectivity index (χ0v) is 12.1. The van der Waals surface area contributed by atoms with Gasteiger partial charge in [-0.25, -0.2) is 0 Å². The van der Waals surface area contributed by atoms with Gasteiger partial charge in [-0.3, -0.25) is 0 Å². The number of benzene rings is 1. The molecule has 1 aromatic rings. The summed E-state index contributed by atoms with van der Waals surface area (Å²) < 4.78 is 0. The van der Waals surface area contributed by atoms with Crippen LogP contribution in [0.25, 0.3) is 0 Å². The third-order valence-electron chi connectivity index (χ3n) is 3.80. The second kappa shape index (κ2) is 7.04. The quantitative estimate of drug-likeness (QED) is 0.796. The Kier molecular flexibility index (Phi) is 5.37. The maximum atomic E-state index is 9.96. The van der Waals surface area contributed by atoms with Crippen molar-refractivity contribution < 1.29 is 5.11 Å². The fourth-order valence-corrected chi connectivity index (χ4v) is 2.90. The molecule has 19 heavy (non-hydrogen) atoms. The molecule has 0 saturated heterocycles. The van der Waals surface area contributed by atoms with Crippen LogP contribution in [0.15, 0.2) is 24.3 Å². The van der Waals surface area contributed by atoms with Crippen LogP contribution in [0.5, 0.6) is 0 Å². The van der Waals surface area contributed by atoms with Gasteiger partial charge in [-0.1, -0.05) is 30.7 Å². The molecule has 0 bridgehead atoms. The van der Waals surface area contributed by atoms with Crippen molar-refractivity contribution in [3.8, 4) is 0 Å². The van der Waals surface area contributed by atoms with E-state index in [1.54, 1.807) is 0 Å². The summed E-state index contributed by atoms with van der Waals surface area (Å²) in [5.41, 5.74) is 2.90. The van der Waals surface area contributed by atoms with Crippen LogP contribution in [0, 0.1) is 0 Å². The SMILES string of the molecule is CN(C)CC(O)CNC1CCCCc2ccccc21. The minimum Gasteiger partial charge on any atom is -0.390 e. The highest BCUT2D eigenvalue weighted by atomic mass is 16.3. The van der Waals surface area contributed by atoms with Crippen LogP contribution in [-0.2, 0) is 6.42 Å². The summed E-state index contributed by atoms with van der Waals surface area (Å²) in [4.78, 5) is 2.02. The summed E-state index contributed by atoms with van der Waals surface area (Å²) in [6.45, 7) is 1.37. The molecule has 1 aromatic carbocycles. The Bertz CT molecular complexity index is 392. The maximum Gasteiger partial charge on any atom is 0.0791 e. The first-order chi connectivity index (χ1) is 9.16. The predicted molar refractivity (Wildman–Crippen MR) is 79.3 cm³/mol. The van der Waals surface area contributed by atoms with Crippen LogP contribution < -0.4 is 5.32 Å². The number of aryl methyl sites for hydroxylation is 1. The molecule has 0 amide bonds. The molecule has 0 heterocycles. The average molecular weight is 262 g/mol. The third kappa shape index (κ3) is 4.30. The molecule has 0 fully saturated rings. The zero-order valence-electron chi connectivity index (χ0n) is 12.1. The number of aliphatic hydroxyl groups excluding tert-OH is 1. The molecule has 0 saturated carbocycles. The van der Waals surface area contributed by atoms with Crippen LogP contribution in [0.1, 0.15) is 36.4 Å². The van der Waals surface area contributed by atoms with Crippen molar-refractivity contribution in [3.05, 3.63) is 35.4 Å². The molecular formula is C16H26N2O. The van der Waals surface area contributed by atoms with Crippen LogP contribution in [0.3, 0.4) is 0 Å². The number of hydrogen-bond donors (Lipinski definition) is 2. The van der Waals surface area contributed by atoms with Gasteiger partial charge in [0.15, 0.2) is 0 Å². The lowest BCUT2D eigenvalue weighted by molar-refractivity contribution is 0.131. The van der Waals surface area contributed by atoms with Crippen LogP contribution in [0.4, 0.5) is 0 Å². The third-order valence-corrected chi connectivity index (χ3v) is 3.80. The lowest BCUT2D eigenvalue weighted by Gasteiger charge is -2.22. The van der Waals surface area contributed by atoms with Crippen molar-refractivity contribution in [1.82, 2.24) is 10.2 Å². The smallest absolute Gasteiger partial charge is 0.0791 e. The highest BCUT2D eigenvalue weighted by Gasteiger charge is 2.18. The Morgan fingerprint density at radius 2 is 2.11 bits per heavy atom. The molecule has 3 heteroatoms. The highest BCUT2D eigenvalue weighted by Crippen LogP contribution is 2.28. The van der Waals surface area contributed by atoms with E-state index in [9.17, 15) is 5.11 Å². The zero-order chi connectivity index (χ0) is 13.7. The van der Waals surface area contributed by atoms with Crippen LogP contribution in [0.2, 0.25) is 0 Å². The fraction of sp³-hybridized carbons (Fsp3) is 0.625. The van der Waals surface area contributed by atoms with E-state index in [2.05, 4.69) is 29.6 Å². The van der Waals surface area contributed by atoms with Gasteiger partial charge in [-0.15, -0.1) is 0 Å². The number of nitrogens with one attached hydrogen (secondary N) is 1. The van der Waals surface area contributed by atoms with Crippen LogP contribution in [-0.4, -0.2) is 43.3 Å². The van der Waals surface area contributed by atoms with E-state index in [0.717, 1.165) is 0 Å². The van der Waals surface area contributed by atoms with E-state index in [1.165, 1.54) is 36.8 Å². The van der Waals surface area contributed by atoms with E-state index < -0.39 is 0 Å². The minimum atomic E-state index is -0.301. The first kappa shape index (κ1) is 14.5. The average Bonchev–Trinajstić information content (AvgIpc) is 2.58. The van der Waals surface area contributed by atoms with E-state index in [1.807, 2.05) is 19.0 Å². The van der Waals surface area contributed by atoms with Gasteiger partial charge < -0.3 is 15.3 Å². The van der Waals surface area contributed by atoms with E-state index >= 15 is 0 Å². The van der Waals surface area contributed by atoms with Crippen molar-refractivity contribution in [3.63, 3.8) is 0 Å². The van der Waals surface area contributed by atoms with Crippen molar-refractivity contribution in [2.75, 3.05) is 27.2 Å². The molecular weight excluding hydrogens is 236 g/mol. The van der Waals surface area contributed by atoms with Gasteiger partial charge in [0.1, 0.15) is 0 Å². The fourth-order valence-electron chi connectivity index (χ4n) is 2.90. The first-order valence-corrected chi connectivity index (χ1v) is 7.31. The molecule has 106 valence electrons. The molecule has 2 atom stereocenters. The molecule has 0 aromatic heterocycles. The van der Waals surface area contributed by atoms with Gasteiger partial charge in [-0.05, 0) is 44.5 Å². The van der Waals surface area contributed by atoms with Gasteiger partial charge in [0, 0.05) is 19.1 Å². The molecule has 1 aliphatic rings. The molecule has 2 N–H and O–H groups in total. The largest absolute Gasteiger partial charge is 0.390 e. The summed E-state index contributed by atoms with van der Waals surface area (Å²) in [6.07, 6.45) is 4.59. The van der Waals surface area contributed by atoms with Gasteiger partial charge in [0.2, 0.25) is 0 Å². The standard InChI is InChI=1S/C16H26N2O/c1-18(2)12-14(19)11-17-16-10-6-4-8-13-7-3-5-9-15(13)16/h3,5,7,9,14,16-17,19H,4,6,8,10-12H2,1-2H3. The topological polar surface area (TPSA) is 35.5 Å². The van der Waals surface area contributed by atoms with Gasteiger partial charge in [-0.2, -0.15) is 0 Å². The summed E-state index contributed by atoms with van der Waals surface area (Å²) in [7, 11) is 3.98. The van der Waals surface area contributed by atoms with E-state index in [4.69, 9.17) is 0 Å². The molecule has 0 spiro atoms.